The Labute approximate surface area is 112 Å². The van der Waals surface area contributed by atoms with E-state index in [0.29, 0.717) is 30.3 Å². The van der Waals surface area contributed by atoms with Crippen LogP contribution < -0.4 is 10.6 Å². The second-order valence-corrected chi connectivity index (χ2v) is 4.62. The lowest BCUT2D eigenvalue weighted by atomic mass is 10.1. The van der Waals surface area contributed by atoms with E-state index >= 15 is 0 Å². The predicted octanol–water partition coefficient (Wildman–Crippen LogP) is 2.41. The first kappa shape index (κ1) is 14.9. The average molecular weight is 265 g/mol. The summed E-state index contributed by atoms with van der Waals surface area (Å²) in [5.41, 5.74) is 0.640. The van der Waals surface area contributed by atoms with E-state index in [1.165, 1.54) is 6.07 Å². The quantitative estimate of drug-likeness (QED) is 0.611. The van der Waals surface area contributed by atoms with Crippen molar-refractivity contribution in [3.05, 3.63) is 33.9 Å². The highest BCUT2D eigenvalue weighted by atomic mass is 16.6. The Hall–Kier alpha value is -2.11. The van der Waals surface area contributed by atoms with Gasteiger partial charge in [0.25, 0.3) is 11.6 Å². The fourth-order valence-electron chi connectivity index (χ4n) is 1.56. The smallest absolute Gasteiger partial charge is 0.293 e. The number of nitrogens with zero attached hydrogens (tertiary/aromatic N) is 1. The minimum Gasteiger partial charge on any atom is -0.380 e. The van der Waals surface area contributed by atoms with Crippen molar-refractivity contribution in [1.82, 2.24) is 5.32 Å². The van der Waals surface area contributed by atoms with Crippen LogP contribution in [0.2, 0.25) is 0 Å². The van der Waals surface area contributed by atoms with Crippen molar-refractivity contribution in [2.75, 3.05) is 18.4 Å². The Morgan fingerprint density at radius 1 is 1.42 bits per heavy atom. The summed E-state index contributed by atoms with van der Waals surface area (Å²) >= 11 is 0. The zero-order valence-electron chi connectivity index (χ0n) is 11.4. The number of hydrogen-bond donors (Lipinski definition) is 2. The number of amides is 1. The molecule has 0 radical (unpaired) electrons. The number of carbonyl (C=O) groups excluding carboxylic acids is 1. The summed E-state index contributed by atoms with van der Waals surface area (Å²) in [6.45, 7) is 6.95. The van der Waals surface area contributed by atoms with Gasteiger partial charge in [-0.25, -0.2) is 0 Å². The number of nitro groups is 1. The maximum Gasteiger partial charge on any atom is 0.293 e. The minimum atomic E-state index is -0.489. The molecule has 0 saturated carbocycles. The van der Waals surface area contributed by atoms with Gasteiger partial charge in [0, 0.05) is 24.7 Å². The standard InChI is InChI=1S/C13H19N3O3/c1-4-14-11-6-5-10(7-12(11)16(18)19)13(17)15-8-9(2)3/h5-7,9,14H,4,8H2,1-3H3,(H,15,17). The fraction of sp³-hybridized carbons (Fsp3) is 0.462. The zero-order chi connectivity index (χ0) is 14.4. The third-order valence-electron chi connectivity index (χ3n) is 2.49. The van der Waals surface area contributed by atoms with Gasteiger partial charge >= 0.3 is 0 Å². The summed E-state index contributed by atoms with van der Waals surface area (Å²) in [6, 6.07) is 4.44. The molecule has 0 heterocycles. The molecule has 1 aromatic carbocycles. The highest BCUT2D eigenvalue weighted by Crippen LogP contribution is 2.25. The normalized spacial score (nSPS) is 10.3. The molecule has 6 heteroatoms. The first-order valence-corrected chi connectivity index (χ1v) is 6.26. The van der Waals surface area contributed by atoms with Gasteiger partial charge in [-0.15, -0.1) is 0 Å². The molecular formula is C13H19N3O3. The number of carbonyl (C=O) groups is 1. The summed E-state index contributed by atoms with van der Waals surface area (Å²) in [5, 5.41) is 16.6. The van der Waals surface area contributed by atoms with Gasteiger partial charge < -0.3 is 10.6 Å². The lowest BCUT2D eigenvalue weighted by molar-refractivity contribution is -0.384. The molecule has 0 atom stereocenters. The highest BCUT2D eigenvalue weighted by Gasteiger charge is 2.17. The molecule has 0 aromatic heterocycles. The summed E-state index contributed by atoms with van der Waals surface area (Å²) in [7, 11) is 0. The summed E-state index contributed by atoms with van der Waals surface area (Å²) < 4.78 is 0. The van der Waals surface area contributed by atoms with Crippen molar-refractivity contribution in [1.29, 1.82) is 0 Å². The molecule has 104 valence electrons. The summed E-state index contributed by atoms with van der Waals surface area (Å²) in [4.78, 5) is 22.3. The summed E-state index contributed by atoms with van der Waals surface area (Å²) in [5.74, 6) is 0.0415. The van der Waals surface area contributed by atoms with Crippen molar-refractivity contribution < 1.29 is 9.72 Å². The highest BCUT2D eigenvalue weighted by molar-refractivity contribution is 5.95. The molecule has 1 aromatic rings. The monoisotopic (exact) mass is 265 g/mol. The molecule has 0 spiro atoms. The molecule has 2 N–H and O–H groups in total. The van der Waals surface area contributed by atoms with Gasteiger partial charge in [0.2, 0.25) is 0 Å². The van der Waals surface area contributed by atoms with Gasteiger partial charge in [-0.3, -0.25) is 14.9 Å². The molecule has 0 unspecified atom stereocenters. The minimum absolute atomic E-state index is 0.0842. The van der Waals surface area contributed by atoms with Crippen LogP contribution in [0.3, 0.4) is 0 Å². The van der Waals surface area contributed by atoms with Gasteiger partial charge in [-0.1, -0.05) is 13.8 Å². The van der Waals surface area contributed by atoms with Gasteiger partial charge in [0.15, 0.2) is 0 Å². The van der Waals surface area contributed by atoms with Crippen molar-refractivity contribution in [2.45, 2.75) is 20.8 Å². The second-order valence-electron chi connectivity index (χ2n) is 4.62. The van der Waals surface area contributed by atoms with E-state index in [1.807, 2.05) is 20.8 Å². The molecule has 1 rings (SSSR count). The van der Waals surface area contributed by atoms with E-state index in [9.17, 15) is 14.9 Å². The maximum absolute atomic E-state index is 11.8. The van der Waals surface area contributed by atoms with Gasteiger partial charge in [-0.2, -0.15) is 0 Å². The van der Waals surface area contributed by atoms with Crippen LogP contribution in [0.4, 0.5) is 11.4 Å². The second kappa shape index (κ2) is 6.72. The van der Waals surface area contributed by atoms with E-state index in [1.54, 1.807) is 12.1 Å². The third kappa shape index (κ3) is 4.24. The number of nitro benzene ring substituents is 1. The van der Waals surface area contributed by atoms with E-state index in [2.05, 4.69) is 10.6 Å². The molecule has 19 heavy (non-hydrogen) atoms. The molecular weight excluding hydrogens is 246 g/mol. The van der Waals surface area contributed by atoms with E-state index in [-0.39, 0.29) is 11.6 Å². The molecule has 6 nitrogen and oxygen atoms in total. The Kier molecular flexibility index (Phi) is 5.29. The van der Waals surface area contributed by atoms with Crippen molar-refractivity contribution in [2.24, 2.45) is 5.92 Å². The van der Waals surface area contributed by atoms with Crippen LogP contribution in [0.25, 0.3) is 0 Å². The largest absolute Gasteiger partial charge is 0.380 e. The number of benzene rings is 1. The molecule has 0 aliphatic heterocycles. The average Bonchev–Trinajstić information content (AvgIpc) is 2.36. The SMILES string of the molecule is CCNc1ccc(C(=O)NCC(C)C)cc1[N+](=O)[O-]. The molecule has 0 aliphatic rings. The van der Waals surface area contributed by atoms with Crippen LogP contribution >= 0.6 is 0 Å². The van der Waals surface area contributed by atoms with E-state index in [4.69, 9.17) is 0 Å². The lowest BCUT2D eigenvalue weighted by Crippen LogP contribution is -2.27. The lowest BCUT2D eigenvalue weighted by Gasteiger charge is -2.09. The molecule has 0 fully saturated rings. The zero-order valence-corrected chi connectivity index (χ0v) is 11.4. The van der Waals surface area contributed by atoms with Crippen molar-refractivity contribution >= 4 is 17.3 Å². The van der Waals surface area contributed by atoms with E-state index < -0.39 is 4.92 Å². The van der Waals surface area contributed by atoms with Crippen LogP contribution in [0.5, 0.6) is 0 Å². The topological polar surface area (TPSA) is 84.3 Å². The first-order chi connectivity index (χ1) is 8.95. The third-order valence-corrected chi connectivity index (χ3v) is 2.49. The molecule has 0 bridgehead atoms. The van der Waals surface area contributed by atoms with Crippen LogP contribution in [0.15, 0.2) is 18.2 Å². The van der Waals surface area contributed by atoms with Gasteiger partial charge in [0.05, 0.1) is 4.92 Å². The van der Waals surface area contributed by atoms with Gasteiger partial charge in [0.1, 0.15) is 5.69 Å². The number of nitrogens with one attached hydrogen (secondary N) is 2. The Bertz CT molecular complexity index is 472. The number of anilines is 1. The Morgan fingerprint density at radius 3 is 2.63 bits per heavy atom. The fourth-order valence-corrected chi connectivity index (χ4v) is 1.56. The number of hydrogen-bond acceptors (Lipinski definition) is 4. The molecule has 0 aliphatic carbocycles. The summed E-state index contributed by atoms with van der Waals surface area (Å²) in [6.07, 6.45) is 0. The molecule has 0 saturated heterocycles. The first-order valence-electron chi connectivity index (χ1n) is 6.26. The Balaban J connectivity index is 2.94. The van der Waals surface area contributed by atoms with Crippen molar-refractivity contribution in [3.63, 3.8) is 0 Å². The van der Waals surface area contributed by atoms with Crippen LogP contribution in [-0.4, -0.2) is 23.9 Å². The predicted molar refractivity (Wildman–Crippen MR) is 74.4 cm³/mol. The molecule has 1 amide bonds. The maximum atomic E-state index is 11.8. The van der Waals surface area contributed by atoms with Crippen LogP contribution in [0.1, 0.15) is 31.1 Å². The van der Waals surface area contributed by atoms with Gasteiger partial charge in [-0.05, 0) is 25.0 Å². The van der Waals surface area contributed by atoms with Crippen LogP contribution in [-0.2, 0) is 0 Å². The van der Waals surface area contributed by atoms with Crippen molar-refractivity contribution in [3.8, 4) is 0 Å². The van der Waals surface area contributed by atoms with E-state index in [0.717, 1.165) is 0 Å². The van der Waals surface area contributed by atoms with Crippen LogP contribution in [0, 0.1) is 16.0 Å². The number of rotatable bonds is 6. The Morgan fingerprint density at radius 2 is 2.11 bits per heavy atom.